The topological polar surface area (TPSA) is 33.2 Å². The molecule has 0 aliphatic heterocycles. The summed E-state index contributed by atoms with van der Waals surface area (Å²) in [7, 11) is 1.83. The number of hydrogen-bond acceptors (Lipinski definition) is 2. The fourth-order valence-electron chi connectivity index (χ4n) is 1.86. The van der Waals surface area contributed by atoms with Crippen molar-refractivity contribution in [1.29, 1.82) is 0 Å². The highest BCUT2D eigenvalue weighted by atomic mass is 35.5. The van der Waals surface area contributed by atoms with Gasteiger partial charge in [-0.25, -0.2) is 4.98 Å². The molecule has 0 saturated carbocycles. The SMILES string of the molecule is CCCCCN(C)C(=O)c1cc(Cl)nc(C(C)C)c1. The molecule has 1 heterocycles. The van der Waals surface area contributed by atoms with Crippen LogP contribution in [-0.2, 0) is 0 Å². The molecule has 1 aromatic rings. The van der Waals surface area contributed by atoms with Gasteiger partial charge in [-0.3, -0.25) is 4.79 Å². The highest BCUT2D eigenvalue weighted by molar-refractivity contribution is 6.29. The quantitative estimate of drug-likeness (QED) is 0.581. The molecule has 106 valence electrons. The summed E-state index contributed by atoms with van der Waals surface area (Å²) in [5.41, 5.74) is 1.49. The van der Waals surface area contributed by atoms with Crippen molar-refractivity contribution in [1.82, 2.24) is 9.88 Å². The van der Waals surface area contributed by atoms with E-state index in [0.717, 1.165) is 31.5 Å². The first-order valence-electron chi connectivity index (χ1n) is 6.88. The second-order valence-electron chi connectivity index (χ2n) is 5.19. The van der Waals surface area contributed by atoms with Crippen LogP contribution in [0.3, 0.4) is 0 Å². The van der Waals surface area contributed by atoms with Gasteiger partial charge in [-0.1, -0.05) is 45.2 Å². The van der Waals surface area contributed by atoms with Crippen LogP contribution < -0.4 is 0 Å². The molecular weight excluding hydrogens is 260 g/mol. The molecule has 1 rings (SSSR count). The molecule has 1 aromatic heterocycles. The van der Waals surface area contributed by atoms with E-state index in [4.69, 9.17) is 11.6 Å². The lowest BCUT2D eigenvalue weighted by Gasteiger charge is -2.18. The number of halogens is 1. The summed E-state index contributed by atoms with van der Waals surface area (Å²) in [4.78, 5) is 18.3. The fourth-order valence-corrected chi connectivity index (χ4v) is 2.07. The standard InChI is InChI=1S/C15H23ClN2O/c1-5-6-7-8-18(4)15(19)12-9-13(11(2)3)17-14(16)10-12/h9-11H,5-8H2,1-4H3. The van der Waals surface area contributed by atoms with E-state index < -0.39 is 0 Å². The van der Waals surface area contributed by atoms with Crippen LogP contribution in [0.15, 0.2) is 12.1 Å². The molecule has 0 aromatic carbocycles. The average Bonchev–Trinajstić information content (AvgIpc) is 2.37. The van der Waals surface area contributed by atoms with E-state index in [1.807, 2.05) is 27.0 Å². The van der Waals surface area contributed by atoms with Crippen molar-refractivity contribution in [2.45, 2.75) is 46.0 Å². The third-order valence-corrected chi connectivity index (χ3v) is 3.29. The smallest absolute Gasteiger partial charge is 0.253 e. The number of rotatable bonds is 6. The average molecular weight is 283 g/mol. The number of carbonyl (C=O) groups excluding carboxylic acids is 1. The summed E-state index contributed by atoms with van der Waals surface area (Å²) in [6.07, 6.45) is 3.33. The highest BCUT2D eigenvalue weighted by Crippen LogP contribution is 2.18. The summed E-state index contributed by atoms with van der Waals surface area (Å²) in [6, 6.07) is 3.49. The van der Waals surface area contributed by atoms with Gasteiger partial charge in [0.2, 0.25) is 0 Å². The van der Waals surface area contributed by atoms with Crippen molar-refractivity contribution in [2.24, 2.45) is 0 Å². The van der Waals surface area contributed by atoms with E-state index in [2.05, 4.69) is 11.9 Å². The third-order valence-electron chi connectivity index (χ3n) is 3.10. The Bertz CT molecular complexity index is 432. The Morgan fingerprint density at radius 1 is 1.37 bits per heavy atom. The highest BCUT2D eigenvalue weighted by Gasteiger charge is 2.14. The van der Waals surface area contributed by atoms with E-state index in [0.29, 0.717) is 10.7 Å². The maximum atomic E-state index is 12.3. The third kappa shape index (κ3) is 4.83. The van der Waals surface area contributed by atoms with Crippen LogP contribution in [0.4, 0.5) is 0 Å². The van der Waals surface area contributed by atoms with Crippen molar-refractivity contribution in [3.05, 3.63) is 28.5 Å². The summed E-state index contributed by atoms with van der Waals surface area (Å²) >= 11 is 5.99. The molecule has 3 nitrogen and oxygen atoms in total. The first-order chi connectivity index (χ1) is 8.95. The predicted octanol–water partition coefficient (Wildman–Crippen LogP) is 4.12. The van der Waals surface area contributed by atoms with Gasteiger partial charge in [-0.2, -0.15) is 0 Å². The summed E-state index contributed by atoms with van der Waals surface area (Å²) in [6.45, 7) is 7.01. The molecule has 0 fully saturated rings. The Hall–Kier alpha value is -1.09. The van der Waals surface area contributed by atoms with Gasteiger partial charge in [-0.05, 0) is 24.5 Å². The van der Waals surface area contributed by atoms with Gasteiger partial charge < -0.3 is 4.90 Å². The van der Waals surface area contributed by atoms with Crippen molar-refractivity contribution in [2.75, 3.05) is 13.6 Å². The van der Waals surface area contributed by atoms with Gasteiger partial charge in [-0.15, -0.1) is 0 Å². The first-order valence-corrected chi connectivity index (χ1v) is 7.26. The molecule has 0 spiro atoms. The van der Waals surface area contributed by atoms with Gasteiger partial charge in [0.15, 0.2) is 0 Å². The minimum absolute atomic E-state index is 0.0160. The normalized spacial score (nSPS) is 10.8. The zero-order valence-electron chi connectivity index (χ0n) is 12.2. The molecule has 4 heteroatoms. The fraction of sp³-hybridized carbons (Fsp3) is 0.600. The van der Waals surface area contributed by atoms with E-state index >= 15 is 0 Å². The number of nitrogens with zero attached hydrogens (tertiary/aromatic N) is 2. The molecule has 0 bridgehead atoms. The second kappa shape index (κ2) is 7.49. The first kappa shape index (κ1) is 16.0. The molecule has 0 unspecified atom stereocenters. The van der Waals surface area contributed by atoms with Crippen LogP contribution in [0.1, 0.15) is 62.0 Å². The number of hydrogen-bond donors (Lipinski definition) is 0. The molecule has 0 atom stereocenters. The Morgan fingerprint density at radius 2 is 2.05 bits per heavy atom. The van der Waals surface area contributed by atoms with E-state index in [1.165, 1.54) is 0 Å². The number of pyridine rings is 1. The molecule has 1 amide bonds. The van der Waals surface area contributed by atoms with Crippen molar-refractivity contribution >= 4 is 17.5 Å². The van der Waals surface area contributed by atoms with E-state index in [-0.39, 0.29) is 11.8 Å². The molecule has 0 N–H and O–H groups in total. The Labute approximate surface area is 121 Å². The van der Waals surface area contributed by atoms with Crippen LogP contribution in [-0.4, -0.2) is 29.4 Å². The lowest BCUT2D eigenvalue weighted by atomic mass is 10.1. The Kier molecular flexibility index (Phi) is 6.29. The zero-order chi connectivity index (χ0) is 14.4. The van der Waals surface area contributed by atoms with Crippen LogP contribution in [0.5, 0.6) is 0 Å². The minimum Gasteiger partial charge on any atom is -0.342 e. The minimum atomic E-state index is 0.0160. The number of amides is 1. The number of unbranched alkanes of at least 4 members (excludes halogenated alkanes) is 2. The number of carbonyl (C=O) groups is 1. The molecule has 0 radical (unpaired) electrons. The largest absolute Gasteiger partial charge is 0.342 e. The van der Waals surface area contributed by atoms with Crippen LogP contribution in [0, 0.1) is 0 Å². The predicted molar refractivity (Wildman–Crippen MR) is 79.8 cm³/mol. The molecule has 19 heavy (non-hydrogen) atoms. The maximum absolute atomic E-state index is 12.3. The van der Waals surface area contributed by atoms with Crippen LogP contribution in [0.25, 0.3) is 0 Å². The van der Waals surface area contributed by atoms with Crippen molar-refractivity contribution in [3.63, 3.8) is 0 Å². The summed E-state index contributed by atoms with van der Waals surface area (Å²) < 4.78 is 0. The second-order valence-corrected chi connectivity index (χ2v) is 5.58. The molecular formula is C15H23ClN2O. The monoisotopic (exact) mass is 282 g/mol. The summed E-state index contributed by atoms with van der Waals surface area (Å²) in [5.74, 6) is 0.276. The van der Waals surface area contributed by atoms with Crippen molar-refractivity contribution in [3.8, 4) is 0 Å². The van der Waals surface area contributed by atoms with E-state index in [9.17, 15) is 4.79 Å². The number of aromatic nitrogens is 1. The van der Waals surface area contributed by atoms with Gasteiger partial charge in [0.05, 0.1) is 0 Å². The van der Waals surface area contributed by atoms with Gasteiger partial charge in [0.1, 0.15) is 5.15 Å². The Morgan fingerprint density at radius 3 is 2.63 bits per heavy atom. The van der Waals surface area contributed by atoms with E-state index in [1.54, 1.807) is 11.0 Å². The van der Waals surface area contributed by atoms with Gasteiger partial charge in [0, 0.05) is 24.8 Å². The van der Waals surface area contributed by atoms with Crippen molar-refractivity contribution < 1.29 is 4.79 Å². The maximum Gasteiger partial charge on any atom is 0.253 e. The lowest BCUT2D eigenvalue weighted by Crippen LogP contribution is -2.28. The zero-order valence-corrected chi connectivity index (χ0v) is 13.0. The lowest BCUT2D eigenvalue weighted by molar-refractivity contribution is 0.0792. The Balaban J connectivity index is 2.81. The molecule has 0 aliphatic carbocycles. The molecule has 0 saturated heterocycles. The van der Waals surface area contributed by atoms with Crippen LogP contribution >= 0.6 is 11.6 Å². The van der Waals surface area contributed by atoms with Gasteiger partial charge >= 0.3 is 0 Å². The summed E-state index contributed by atoms with van der Waals surface area (Å²) in [5, 5.41) is 0.386. The molecule has 0 aliphatic rings. The van der Waals surface area contributed by atoms with Crippen LogP contribution in [0.2, 0.25) is 5.15 Å². The van der Waals surface area contributed by atoms with Gasteiger partial charge in [0.25, 0.3) is 5.91 Å².